The van der Waals surface area contributed by atoms with Gasteiger partial charge in [0.2, 0.25) is 0 Å². The van der Waals surface area contributed by atoms with Gasteiger partial charge in [-0.3, -0.25) is 0 Å². The van der Waals surface area contributed by atoms with Crippen molar-refractivity contribution >= 4 is 0 Å². The maximum Gasteiger partial charge on any atom is 0.0250 e. The molecule has 2 heteroatoms. The summed E-state index contributed by atoms with van der Waals surface area (Å²) < 4.78 is 0. The van der Waals surface area contributed by atoms with E-state index in [1.165, 1.54) is 0 Å². The SMILES string of the molecule is CC.CC1CNC(C)(C)CN1. The van der Waals surface area contributed by atoms with Crippen LogP contribution in [0.2, 0.25) is 0 Å². The van der Waals surface area contributed by atoms with Crippen molar-refractivity contribution < 1.29 is 0 Å². The number of piperazine rings is 1. The Morgan fingerprint density at radius 3 is 2.09 bits per heavy atom. The second-order valence-electron chi connectivity index (χ2n) is 3.55. The predicted molar refractivity (Wildman–Crippen MR) is 50.9 cm³/mol. The van der Waals surface area contributed by atoms with Crippen molar-refractivity contribution in [3.8, 4) is 0 Å². The number of hydrogen-bond donors (Lipinski definition) is 2. The molecule has 1 aliphatic heterocycles. The van der Waals surface area contributed by atoms with Crippen molar-refractivity contribution in [3.63, 3.8) is 0 Å². The molecule has 0 radical (unpaired) electrons. The molecule has 0 aromatic heterocycles. The highest BCUT2D eigenvalue weighted by atomic mass is 15.1. The Hall–Kier alpha value is -0.0800. The highest BCUT2D eigenvalue weighted by molar-refractivity contribution is 4.87. The summed E-state index contributed by atoms with van der Waals surface area (Å²) in [6, 6.07) is 0.637. The van der Waals surface area contributed by atoms with Crippen molar-refractivity contribution in [2.24, 2.45) is 0 Å². The maximum absolute atomic E-state index is 3.45. The third kappa shape index (κ3) is 4.38. The zero-order chi connectivity index (χ0) is 8.91. The monoisotopic (exact) mass is 158 g/mol. The van der Waals surface area contributed by atoms with E-state index in [0.29, 0.717) is 11.6 Å². The van der Waals surface area contributed by atoms with Crippen LogP contribution in [-0.4, -0.2) is 24.7 Å². The highest BCUT2D eigenvalue weighted by Crippen LogP contribution is 2.04. The molecule has 1 fully saturated rings. The van der Waals surface area contributed by atoms with Gasteiger partial charge in [0.1, 0.15) is 0 Å². The molecule has 1 heterocycles. The van der Waals surface area contributed by atoms with Gasteiger partial charge in [0, 0.05) is 24.7 Å². The number of nitrogens with one attached hydrogen (secondary N) is 2. The summed E-state index contributed by atoms with van der Waals surface area (Å²) in [4.78, 5) is 0. The minimum atomic E-state index is 0.298. The fourth-order valence-electron chi connectivity index (χ4n) is 0.993. The Kier molecular flexibility index (Phi) is 4.69. The zero-order valence-electron chi connectivity index (χ0n) is 8.49. The first kappa shape index (κ1) is 10.9. The lowest BCUT2D eigenvalue weighted by molar-refractivity contribution is 0.282. The van der Waals surface area contributed by atoms with E-state index >= 15 is 0 Å². The van der Waals surface area contributed by atoms with E-state index in [2.05, 4.69) is 31.4 Å². The van der Waals surface area contributed by atoms with Gasteiger partial charge in [-0.1, -0.05) is 13.8 Å². The van der Waals surface area contributed by atoms with E-state index in [1.807, 2.05) is 13.8 Å². The molecule has 1 aliphatic rings. The molecule has 0 spiro atoms. The van der Waals surface area contributed by atoms with Crippen LogP contribution in [0.1, 0.15) is 34.6 Å². The van der Waals surface area contributed by atoms with E-state index in [4.69, 9.17) is 0 Å². The Balaban J connectivity index is 0.000000461. The third-order valence-electron chi connectivity index (χ3n) is 1.78. The molecule has 1 rings (SSSR count). The van der Waals surface area contributed by atoms with E-state index in [-0.39, 0.29) is 0 Å². The summed E-state index contributed by atoms with van der Waals surface area (Å²) in [7, 11) is 0. The number of hydrogen-bond acceptors (Lipinski definition) is 2. The molecule has 2 N–H and O–H groups in total. The maximum atomic E-state index is 3.45. The van der Waals surface area contributed by atoms with E-state index < -0.39 is 0 Å². The lowest BCUT2D eigenvalue weighted by Crippen LogP contribution is -2.58. The second-order valence-corrected chi connectivity index (χ2v) is 3.55. The molecule has 0 aromatic rings. The molecule has 0 aromatic carbocycles. The lowest BCUT2D eigenvalue weighted by Gasteiger charge is -2.35. The van der Waals surface area contributed by atoms with Crippen molar-refractivity contribution in [1.29, 1.82) is 0 Å². The predicted octanol–water partition coefficient (Wildman–Crippen LogP) is 1.37. The summed E-state index contributed by atoms with van der Waals surface area (Å²) >= 11 is 0. The summed E-state index contributed by atoms with van der Waals surface area (Å²) in [5, 5.41) is 6.86. The highest BCUT2D eigenvalue weighted by Gasteiger charge is 2.22. The van der Waals surface area contributed by atoms with Gasteiger partial charge >= 0.3 is 0 Å². The van der Waals surface area contributed by atoms with Gasteiger partial charge in [0.25, 0.3) is 0 Å². The molecule has 1 unspecified atom stereocenters. The molecule has 1 saturated heterocycles. The smallest absolute Gasteiger partial charge is 0.0250 e. The molecule has 0 saturated carbocycles. The van der Waals surface area contributed by atoms with Crippen molar-refractivity contribution in [1.82, 2.24) is 10.6 Å². The molecular formula is C9H22N2. The fourth-order valence-corrected chi connectivity index (χ4v) is 0.993. The molecule has 68 valence electrons. The number of rotatable bonds is 0. The van der Waals surface area contributed by atoms with Crippen molar-refractivity contribution in [2.75, 3.05) is 13.1 Å². The van der Waals surface area contributed by atoms with Crippen LogP contribution in [0.3, 0.4) is 0 Å². The van der Waals surface area contributed by atoms with Crippen LogP contribution < -0.4 is 10.6 Å². The van der Waals surface area contributed by atoms with E-state index in [9.17, 15) is 0 Å². The first-order chi connectivity index (χ1) is 5.10. The molecule has 11 heavy (non-hydrogen) atoms. The molecule has 2 nitrogen and oxygen atoms in total. The van der Waals surface area contributed by atoms with Crippen LogP contribution >= 0.6 is 0 Å². The summed E-state index contributed by atoms with van der Waals surface area (Å²) in [6.07, 6.45) is 0. The Morgan fingerprint density at radius 1 is 1.27 bits per heavy atom. The average Bonchev–Trinajstić information content (AvgIpc) is 2.00. The quantitative estimate of drug-likeness (QED) is 0.556. The second kappa shape index (κ2) is 4.73. The fraction of sp³-hybridized carbons (Fsp3) is 1.00. The van der Waals surface area contributed by atoms with Gasteiger partial charge < -0.3 is 10.6 Å². The van der Waals surface area contributed by atoms with Crippen LogP contribution in [0.15, 0.2) is 0 Å². The van der Waals surface area contributed by atoms with Crippen LogP contribution in [0.5, 0.6) is 0 Å². The first-order valence-electron chi connectivity index (χ1n) is 4.58. The van der Waals surface area contributed by atoms with Crippen LogP contribution in [0.25, 0.3) is 0 Å². The summed E-state index contributed by atoms with van der Waals surface area (Å²) in [5.74, 6) is 0. The minimum Gasteiger partial charge on any atom is -0.311 e. The standard InChI is InChI=1S/C7H16N2.C2H6/c1-6-4-9-7(2,3)5-8-6;1-2/h6,8-9H,4-5H2,1-3H3;1-2H3. The van der Waals surface area contributed by atoms with Crippen LogP contribution in [0, 0.1) is 0 Å². The minimum absolute atomic E-state index is 0.298. The molecule has 1 atom stereocenters. The molecule has 0 amide bonds. The first-order valence-corrected chi connectivity index (χ1v) is 4.58. The average molecular weight is 158 g/mol. The van der Waals surface area contributed by atoms with Gasteiger partial charge in [0.05, 0.1) is 0 Å². The summed E-state index contributed by atoms with van der Waals surface area (Å²) in [6.45, 7) is 12.8. The zero-order valence-corrected chi connectivity index (χ0v) is 8.49. The van der Waals surface area contributed by atoms with Gasteiger partial charge in [-0.25, -0.2) is 0 Å². The van der Waals surface area contributed by atoms with Crippen molar-refractivity contribution in [3.05, 3.63) is 0 Å². The Bertz CT molecular complexity index is 89.7. The van der Waals surface area contributed by atoms with E-state index in [1.54, 1.807) is 0 Å². The third-order valence-corrected chi connectivity index (χ3v) is 1.78. The Labute approximate surface area is 70.8 Å². The lowest BCUT2D eigenvalue weighted by atomic mass is 10.0. The van der Waals surface area contributed by atoms with Gasteiger partial charge in [-0.15, -0.1) is 0 Å². The van der Waals surface area contributed by atoms with Crippen LogP contribution in [-0.2, 0) is 0 Å². The van der Waals surface area contributed by atoms with Gasteiger partial charge in [-0.05, 0) is 20.8 Å². The van der Waals surface area contributed by atoms with Gasteiger partial charge in [-0.2, -0.15) is 0 Å². The van der Waals surface area contributed by atoms with Crippen LogP contribution in [0.4, 0.5) is 0 Å². The summed E-state index contributed by atoms with van der Waals surface area (Å²) in [5.41, 5.74) is 0.298. The van der Waals surface area contributed by atoms with Crippen molar-refractivity contribution in [2.45, 2.75) is 46.2 Å². The molecule has 0 aliphatic carbocycles. The largest absolute Gasteiger partial charge is 0.311 e. The topological polar surface area (TPSA) is 24.1 Å². The van der Waals surface area contributed by atoms with E-state index in [0.717, 1.165) is 13.1 Å². The normalized spacial score (nSPS) is 28.6. The molecular weight excluding hydrogens is 136 g/mol. The Morgan fingerprint density at radius 2 is 1.82 bits per heavy atom. The molecule has 0 bridgehead atoms. The van der Waals surface area contributed by atoms with Gasteiger partial charge in [0.15, 0.2) is 0 Å².